The van der Waals surface area contributed by atoms with Gasteiger partial charge in [-0.05, 0) is 12.8 Å². The maximum atomic E-state index is 2.37. The molecule has 0 N–H and O–H groups in total. The van der Waals surface area contributed by atoms with Gasteiger partial charge in [-0.1, -0.05) is 25.8 Å². The van der Waals surface area contributed by atoms with Crippen LogP contribution < -0.4 is 0 Å². The van der Waals surface area contributed by atoms with Gasteiger partial charge in [0.25, 0.3) is 0 Å². The Morgan fingerprint density at radius 2 is 1.15 bits per heavy atom. The minimum absolute atomic E-state index is 0. The van der Waals surface area contributed by atoms with Gasteiger partial charge in [0, 0.05) is 0 Å². The zero-order valence-corrected chi connectivity index (χ0v) is 15.9. The molecule has 0 aromatic heterocycles. The molecule has 1 nitrogen and oxygen atoms in total. The summed E-state index contributed by atoms with van der Waals surface area (Å²) < 4.78 is 1.49. The first-order chi connectivity index (χ1) is 9.41. The van der Waals surface area contributed by atoms with Crippen LogP contribution in [0.1, 0.15) is 84.0 Å². The predicted octanol–water partition coefficient (Wildman–Crippen LogP) is 6.27. The Balaban J connectivity index is 0. The van der Waals surface area contributed by atoms with Gasteiger partial charge < -0.3 is 5.48 Å². The van der Waals surface area contributed by atoms with Gasteiger partial charge in [-0.25, -0.2) is 0 Å². The molecule has 0 radical (unpaired) electrons. The van der Waals surface area contributed by atoms with Crippen molar-refractivity contribution in [2.75, 3.05) is 0 Å². The van der Waals surface area contributed by atoms with E-state index in [1.807, 2.05) is 0 Å². The number of allylic oxidation sites excluding steroid dienone is 4. The van der Waals surface area contributed by atoms with Crippen molar-refractivity contribution in [3.63, 3.8) is 0 Å². The van der Waals surface area contributed by atoms with Crippen LogP contribution in [0.5, 0.6) is 0 Å². The SMILES string of the molecule is CCCCC/C=C\C/C=C\CCCCCCC[CH2][Na].[O-2]. The molecule has 0 amide bonds. The summed E-state index contributed by atoms with van der Waals surface area (Å²) in [6, 6.07) is 0. The van der Waals surface area contributed by atoms with Crippen molar-refractivity contribution in [3.05, 3.63) is 24.3 Å². The van der Waals surface area contributed by atoms with Crippen LogP contribution in [-0.2, 0) is 5.48 Å². The summed E-state index contributed by atoms with van der Waals surface area (Å²) in [4.78, 5) is 0. The summed E-state index contributed by atoms with van der Waals surface area (Å²) in [5.74, 6) is 0. The molecule has 0 aliphatic carbocycles. The largest absolute Gasteiger partial charge is 2.00 e. The van der Waals surface area contributed by atoms with Gasteiger partial charge in [0.05, 0.1) is 0 Å². The Morgan fingerprint density at radius 1 is 0.650 bits per heavy atom. The molecular weight excluding hydrogens is 255 g/mol. The number of rotatable bonds is 14. The molecule has 0 saturated carbocycles. The topological polar surface area (TPSA) is 28.5 Å². The summed E-state index contributed by atoms with van der Waals surface area (Å²) in [5, 5.41) is 0. The van der Waals surface area contributed by atoms with E-state index >= 15 is 0 Å². The fourth-order valence-electron chi connectivity index (χ4n) is 2.24. The van der Waals surface area contributed by atoms with Gasteiger partial charge in [0.2, 0.25) is 0 Å². The molecule has 0 bridgehead atoms. The first-order valence-electron chi connectivity index (χ1n) is 8.71. The second-order valence-corrected chi connectivity index (χ2v) is 6.58. The molecule has 0 aliphatic heterocycles. The Bertz CT molecular complexity index is 211. The molecule has 0 spiro atoms. The number of hydrogen-bond acceptors (Lipinski definition) is 0. The van der Waals surface area contributed by atoms with E-state index < -0.39 is 0 Å². The first kappa shape index (κ1) is 22.7. The zero-order chi connectivity index (χ0) is 14.0. The molecule has 2 heteroatoms. The van der Waals surface area contributed by atoms with Gasteiger partial charge in [-0.2, -0.15) is 0 Å². The minimum Gasteiger partial charge on any atom is -2.00 e. The van der Waals surface area contributed by atoms with E-state index in [0.717, 1.165) is 6.42 Å². The summed E-state index contributed by atoms with van der Waals surface area (Å²) in [7, 11) is 0. The van der Waals surface area contributed by atoms with Crippen molar-refractivity contribution in [3.8, 4) is 0 Å². The zero-order valence-electron chi connectivity index (χ0n) is 13.9. The molecule has 0 rings (SSSR count). The molecular formula is C18H33NaO-2. The third-order valence-corrected chi connectivity index (χ3v) is 4.26. The molecule has 114 valence electrons. The van der Waals surface area contributed by atoms with Gasteiger partial charge in [0.15, 0.2) is 0 Å². The van der Waals surface area contributed by atoms with Crippen LogP contribution in [0.2, 0.25) is 3.67 Å². The maximum Gasteiger partial charge on any atom is -2.00 e. The molecule has 0 aromatic rings. The summed E-state index contributed by atoms with van der Waals surface area (Å²) in [6.45, 7) is 2.26. The van der Waals surface area contributed by atoms with Crippen molar-refractivity contribution < 1.29 is 5.48 Å². The third kappa shape index (κ3) is 20.8. The van der Waals surface area contributed by atoms with E-state index in [1.165, 1.54) is 102 Å². The van der Waals surface area contributed by atoms with Crippen LogP contribution in [0.15, 0.2) is 24.3 Å². The van der Waals surface area contributed by atoms with Gasteiger partial charge in [-0.3, -0.25) is 0 Å². The predicted molar refractivity (Wildman–Crippen MR) is 90.6 cm³/mol. The summed E-state index contributed by atoms with van der Waals surface area (Å²) >= 11 is 1.40. The standard InChI is InChI=1S/C18H33.Na.O/c1-3-5-7-9-11-13-15-17-18-16-14-12-10-8-6-4-2;;/h12,14,17-18H,1,3-11,13,15-16H2,2H3;;/q;;-2/b14-12-,18-17-;;. The molecule has 0 unspecified atom stereocenters. The van der Waals surface area contributed by atoms with E-state index in [4.69, 9.17) is 0 Å². The van der Waals surface area contributed by atoms with Crippen molar-refractivity contribution in [2.24, 2.45) is 0 Å². The summed E-state index contributed by atoms with van der Waals surface area (Å²) in [6.07, 6.45) is 25.8. The molecule has 0 heterocycles. The Kier molecular flexibility index (Phi) is 24.7. The van der Waals surface area contributed by atoms with E-state index in [9.17, 15) is 0 Å². The molecule has 0 saturated heterocycles. The average molecular weight is 288 g/mol. The van der Waals surface area contributed by atoms with E-state index in [-0.39, 0.29) is 5.48 Å². The third-order valence-electron chi connectivity index (χ3n) is 3.55. The number of unbranched alkanes of at least 4 members (excludes halogenated alkanes) is 9. The van der Waals surface area contributed by atoms with E-state index in [2.05, 4.69) is 31.2 Å². The summed E-state index contributed by atoms with van der Waals surface area (Å²) in [5.41, 5.74) is 0. The smallest absolute Gasteiger partial charge is 2.00 e. The van der Waals surface area contributed by atoms with Crippen LogP contribution >= 0.6 is 0 Å². The molecule has 0 atom stereocenters. The molecule has 0 aromatic carbocycles. The molecule has 0 fully saturated rings. The first-order valence-corrected chi connectivity index (χ1v) is 10.1. The Hall–Kier alpha value is 0.440. The minimum atomic E-state index is 0. The van der Waals surface area contributed by atoms with Crippen LogP contribution in [0.3, 0.4) is 0 Å². The second-order valence-electron chi connectivity index (χ2n) is 5.58. The van der Waals surface area contributed by atoms with E-state index in [0.29, 0.717) is 0 Å². The Labute approximate surface area is 145 Å². The normalized spacial score (nSPS) is 11.3. The van der Waals surface area contributed by atoms with Crippen LogP contribution in [0.25, 0.3) is 0 Å². The second kappa shape index (κ2) is 21.7. The van der Waals surface area contributed by atoms with Crippen LogP contribution in [-0.4, -0.2) is 27.9 Å². The molecule has 20 heavy (non-hydrogen) atoms. The van der Waals surface area contributed by atoms with Crippen molar-refractivity contribution in [1.82, 2.24) is 0 Å². The van der Waals surface area contributed by atoms with Gasteiger partial charge in [-0.15, -0.1) is 0 Å². The number of hydrogen-bond donors (Lipinski definition) is 0. The van der Waals surface area contributed by atoms with Gasteiger partial charge >= 0.3 is 101 Å². The fraction of sp³-hybridized carbons (Fsp3) is 0.778. The van der Waals surface area contributed by atoms with Crippen LogP contribution in [0.4, 0.5) is 0 Å². The fourth-order valence-corrected chi connectivity index (χ4v) is 2.74. The Morgan fingerprint density at radius 3 is 1.70 bits per heavy atom. The van der Waals surface area contributed by atoms with Crippen molar-refractivity contribution in [1.29, 1.82) is 0 Å². The van der Waals surface area contributed by atoms with Crippen molar-refractivity contribution in [2.45, 2.75) is 87.6 Å². The quantitative estimate of drug-likeness (QED) is 0.205. The monoisotopic (exact) mass is 288 g/mol. The average Bonchev–Trinajstić information content (AvgIpc) is 2.43. The van der Waals surface area contributed by atoms with E-state index in [1.54, 1.807) is 0 Å². The van der Waals surface area contributed by atoms with Crippen LogP contribution in [0, 0.1) is 0 Å². The maximum absolute atomic E-state index is 2.37. The van der Waals surface area contributed by atoms with Gasteiger partial charge in [0.1, 0.15) is 0 Å². The molecule has 0 aliphatic rings. The van der Waals surface area contributed by atoms with Crippen molar-refractivity contribution >= 4 is 27.9 Å².